The van der Waals surface area contributed by atoms with Crippen molar-refractivity contribution in [2.45, 2.75) is 69.4 Å². The predicted octanol–water partition coefficient (Wildman–Crippen LogP) is 3.69. The fourth-order valence-electron chi connectivity index (χ4n) is 5.21. The van der Waals surface area contributed by atoms with Gasteiger partial charge in [-0.25, -0.2) is 0 Å². The Hall–Kier alpha value is -1.92. The van der Waals surface area contributed by atoms with Gasteiger partial charge in [-0.05, 0) is 44.9 Å². The van der Waals surface area contributed by atoms with Crippen LogP contribution in [0.4, 0.5) is 10.5 Å². The third-order valence-electron chi connectivity index (χ3n) is 6.58. The van der Waals surface area contributed by atoms with Crippen molar-refractivity contribution in [2.24, 2.45) is 5.92 Å². The molecular weight excluding hydrogens is 332 g/mol. The number of fused-ring (bicyclic) bond motifs is 2. The molecule has 3 N–H and O–H groups in total. The number of para-hydroxylation sites is 1. The predicted molar refractivity (Wildman–Crippen MR) is 97.7 cm³/mol. The molecule has 26 heavy (non-hydrogen) atoms. The SMILES string of the molecule is O=C(O)CCCC1(N[N+]2(C(=O)O)c3ccccc3C[C@H]3CCC[C@H]32)CC1. The van der Waals surface area contributed by atoms with E-state index in [1.165, 1.54) is 0 Å². The lowest BCUT2D eigenvalue weighted by Gasteiger charge is -2.45. The van der Waals surface area contributed by atoms with Crippen LogP contribution in [0.5, 0.6) is 0 Å². The van der Waals surface area contributed by atoms with Crippen LogP contribution in [0.2, 0.25) is 0 Å². The van der Waals surface area contributed by atoms with E-state index in [1.807, 2.05) is 18.2 Å². The molecule has 6 nitrogen and oxygen atoms in total. The Morgan fingerprint density at radius 1 is 1.19 bits per heavy atom. The van der Waals surface area contributed by atoms with Gasteiger partial charge in [0.25, 0.3) is 0 Å². The van der Waals surface area contributed by atoms with Crippen LogP contribution in [0, 0.1) is 5.92 Å². The fraction of sp³-hybridized carbons (Fsp3) is 0.600. The van der Waals surface area contributed by atoms with Gasteiger partial charge in [-0.1, -0.05) is 18.2 Å². The lowest BCUT2D eigenvalue weighted by Crippen LogP contribution is -2.73. The first-order valence-electron chi connectivity index (χ1n) is 9.69. The molecule has 140 valence electrons. The molecule has 0 bridgehead atoms. The van der Waals surface area contributed by atoms with Crippen molar-refractivity contribution in [1.29, 1.82) is 0 Å². The number of carboxylic acids is 1. The van der Waals surface area contributed by atoms with E-state index in [9.17, 15) is 14.7 Å². The maximum atomic E-state index is 12.7. The highest BCUT2D eigenvalue weighted by molar-refractivity contribution is 5.83. The van der Waals surface area contributed by atoms with Crippen LogP contribution in [0.1, 0.15) is 56.9 Å². The summed E-state index contributed by atoms with van der Waals surface area (Å²) in [6, 6.07) is 7.99. The largest absolute Gasteiger partial charge is 0.539 e. The van der Waals surface area contributed by atoms with Crippen molar-refractivity contribution in [3.8, 4) is 0 Å². The summed E-state index contributed by atoms with van der Waals surface area (Å²) in [5, 5.41) is 19.3. The molecule has 0 aromatic heterocycles. The van der Waals surface area contributed by atoms with Gasteiger partial charge in [0.2, 0.25) is 0 Å². The molecule has 1 unspecified atom stereocenters. The van der Waals surface area contributed by atoms with E-state index >= 15 is 0 Å². The minimum atomic E-state index is -0.835. The van der Waals surface area contributed by atoms with E-state index in [0.717, 1.165) is 49.8 Å². The molecule has 1 aromatic carbocycles. The van der Waals surface area contributed by atoms with Gasteiger partial charge < -0.3 is 10.2 Å². The van der Waals surface area contributed by atoms with Crippen molar-refractivity contribution < 1.29 is 19.8 Å². The molecule has 3 atom stereocenters. The molecule has 0 spiro atoms. The second-order valence-electron chi connectivity index (χ2n) is 8.24. The number of hydrogen-bond donors (Lipinski definition) is 3. The Labute approximate surface area is 153 Å². The molecule has 1 heterocycles. The van der Waals surface area contributed by atoms with Gasteiger partial charge in [-0.2, -0.15) is 4.79 Å². The van der Waals surface area contributed by atoms with Crippen LogP contribution in [0.15, 0.2) is 24.3 Å². The number of quaternary nitrogens is 1. The monoisotopic (exact) mass is 359 g/mol. The van der Waals surface area contributed by atoms with Gasteiger partial charge >= 0.3 is 12.1 Å². The van der Waals surface area contributed by atoms with E-state index < -0.39 is 12.1 Å². The zero-order chi connectivity index (χ0) is 18.4. The highest BCUT2D eigenvalue weighted by Crippen LogP contribution is 2.49. The maximum Gasteiger partial charge on any atom is 0.539 e. The molecule has 6 heteroatoms. The van der Waals surface area contributed by atoms with Crippen LogP contribution in [-0.2, 0) is 11.2 Å². The van der Waals surface area contributed by atoms with Gasteiger partial charge in [-0.15, -0.1) is 10.0 Å². The molecule has 1 aromatic rings. The molecule has 2 aliphatic carbocycles. The summed E-state index contributed by atoms with van der Waals surface area (Å²) >= 11 is 0. The van der Waals surface area contributed by atoms with E-state index in [1.54, 1.807) is 0 Å². The summed E-state index contributed by atoms with van der Waals surface area (Å²) in [4.78, 5) is 23.5. The summed E-state index contributed by atoms with van der Waals surface area (Å²) in [6.45, 7) is 0. The van der Waals surface area contributed by atoms with E-state index in [4.69, 9.17) is 5.11 Å². The quantitative estimate of drug-likeness (QED) is 0.675. The Morgan fingerprint density at radius 3 is 2.65 bits per heavy atom. The first kappa shape index (κ1) is 17.5. The maximum absolute atomic E-state index is 12.7. The topological polar surface area (TPSA) is 86.6 Å². The lowest BCUT2D eigenvalue weighted by molar-refractivity contribution is -0.137. The van der Waals surface area contributed by atoms with Crippen LogP contribution in [0.25, 0.3) is 0 Å². The summed E-state index contributed by atoms with van der Waals surface area (Å²) in [5.41, 5.74) is 5.32. The second kappa shape index (κ2) is 6.35. The molecule has 2 saturated carbocycles. The minimum absolute atomic E-state index is 0.0550. The van der Waals surface area contributed by atoms with Crippen LogP contribution >= 0.6 is 0 Å². The minimum Gasteiger partial charge on any atom is -0.481 e. The highest BCUT2D eigenvalue weighted by atomic mass is 16.4. The van der Waals surface area contributed by atoms with Crippen molar-refractivity contribution in [3.05, 3.63) is 29.8 Å². The first-order chi connectivity index (χ1) is 12.5. The number of carbonyl (C=O) groups is 2. The third-order valence-corrected chi connectivity index (χ3v) is 6.58. The van der Waals surface area contributed by atoms with Gasteiger partial charge in [0.1, 0.15) is 6.04 Å². The lowest BCUT2D eigenvalue weighted by atomic mass is 9.86. The van der Waals surface area contributed by atoms with Crippen molar-refractivity contribution in [3.63, 3.8) is 0 Å². The number of hydrogen-bond acceptors (Lipinski definition) is 3. The van der Waals surface area contributed by atoms with E-state index in [-0.39, 0.29) is 22.6 Å². The van der Waals surface area contributed by atoms with Crippen molar-refractivity contribution >= 4 is 17.7 Å². The molecule has 0 radical (unpaired) electrons. The van der Waals surface area contributed by atoms with Crippen LogP contribution < -0.4 is 10.0 Å². The number of nitrogens with zero attached hydrogens (tertiary/aromatic N) is 1. The Morgan fingerprint density at radius 2 is 1.96 bits per heavy atom. The third kappa shape index (κ3) is 2.81. The fourth-order valence-corrected chi connectivity index (χ4v) is 5.21. The Balaban J connectivity index is 1.69. The zero-order valence-corrected chi connectivity index (χ0v) is 15.0. The number of rotatable bonds is 6. The average molecular weight is 359 g/mol. The van der Waals surface area contributed by atoms with Gasteiger partial charge in [-0.3, -0.25) is 4.79 Å². The standard InChI is InChI=1S/C20H26N2O4/c23-18(24)9-4-10-20(11-12-20)21-22(19(25)26)16-7-2-1-5-14(16)13-15-6-3-8-17(15)22/h1-2,5,7,15,17,21H,3-4,6,8-13H2,(H-,23,24,25,26)/p+1/t15-,17-,22?/m1/s1. The summed E-state index contributed by atoms with van der Waals surface area (Å²) < 4.78 is -0.173. The molecule has 4 rings (SSSR count). The van der Waals surface area contributed by atoms with Crippen molar-refractivity contribution in [1.82, 2.24) is 10.0 Å². The number of nitrogens with one attached hydrogen (secondary N) is 1. The molecule has 3 aliphatic rings. The number of amides is 1. The first-order valence-corrected chi connectivity index (χ1v) is 9.69. The smallest absolute Gasteiger partial charge is 0.481 e. The Bertz CT molecular complexity index is 730. The normalized spacial score (nSPS) is 31.1. The molecule has 1 amide bonds. The summed E-state index contributed by atoms with van der Waals surface area (Å²) in [5.74, 6) is -0.398. The van der Waals surface area contributed by atoms with Crippen molar-refractivity contribution in [2.75, 3.05) is 0 Å². The van der Waals surface area contributed by atoms with Crippen LogP contribution in [0.3, 0.4) is 0 Å². The van der Waals surface area contributed by atoms with E-state index in [2.05, 4.69) is 11.5 Å². The average Bonchev–Trinajstić information content (AvgIpc) is 3.18. The number of aliphatic carboxylic acids is 1. The molecule has 0 saturated heterocycles. The highest BCUT2D eigenvalue weighted by Gasteiger charge is 2.61. The summed E-state index contributed by atoms with van der Waals surface area (Å²) in [6.07, 6.45) is 6.47. The van der Waals surface area contributed by atoms with Gasteiger partial charge in [0.05, 0.1) is 5.54 Å². The van der Waals surface area contributed by atoms with E-state index in [0.29, 0.717) is 18.8 Å². The van der Waals surface area contributed by atoms with Gasteiger partial charge in [0, 0.05) is 30.4 Å². The number of benzene rings is 1. The molecule has 1 aliphatic heterocycles. The van der Waals surface area contributed by atoms with Crippen LogP contribution in [-0.4, -0.2) is 33.9 Å². The zero-order valence-electron chi connectivity index (χ0n) is 15.0. The second-order valence-corrected chi connectivity index (χ2v) is 8.24. The summed E-state index contributed by atoms with van der Waals surface area (Å²) in [7, 11) is 0. The van der Waals surface area contributed by atoms with Gasteiger partial charge in [0.15, 0.2) is 5.69 Å². The molecular formula is C20H27N2O4+. The Kier molecular flexibility index (Phi) is 4.28. The number of carboxylic acid groups (broad SMARTS) is 2. The molecule has 2 fully saturated rings.